The largest absolute Gasteiger partial charge is 0.396 e. The zero-order chi connectivity index (χ0) is 11.4. The number of aliphatic hydroxyl groups excluding tert-OH is 1. The maximum absolute atomic E-state index is 9.55. The van der Waals surface area contributed by atoms with Crippen molar-refractivity contribution in [2.45, 2.75) is 45.6 Å². The molecule has 2 unspecified atom stereocenters. The third-order valence-electron chi connectivity index (χ3n) is 3.98. The summed E-state index contributed by atoms with van der Waals surface area (Å²) in [4.78, 5) is 2.33. The van der Waals surface area contributed by atoms with Crippen molar-refractivity contribution in [3.63, 3.8) is 0 Å². The molecule has 1 aliphatic rings. The molecule has 2 nitrogen and oxygen atoms in total. The third-order valence-corrected chi connectivity index (χ3v) is 3.98. The summed E-state index contributed by atoms with van der Waals surface area (Å²) in [6.45, 7) is 4.79. The quantitative estimate of drug-likeness (QED) is 0.758. The Morgan fingerprint density at radius 1 is 1.20 bits per heavy atom. The van der Waals surface area contributed by atoms with E-state index < -0.39 is 0 Å². The molecule has 0 aliphatic heterocycles. The van der Waals surface area contributed by atoms with Crippen LogP contribution in [-0.2, 0) is 0 Å². The Bertz CT molecular complexity index is 173. The molecule has 0 spiro atoms. The molecule has 2 heteroatoms. The fourth-order valence-electron chi connectivity index (χ4n) is 3.17. The smallest absolute Gasteiger partial charge is 0.0476 e. The van der Waals surface area contributed by atoms with Gasteiger partial charge in [-0.15, -0.1) is 0 Å². The molecule has 0 saturated heterocycles. The lowest BCUT2D eigenvalue weighted by Crippen LogP contribution is -2.44. The lowest BCUT2D eigenvalue weighted by molar-refractivity contribution is 0.0647. The molecule has 0 radical (unpaired) electrons. The molecule has 0 amide bonds. The van der Waals surface area contributed by atoms with Gasteiger partial charge >= 0.3 is 0 Å². The van der Waals surface area contributed by atoms with Gasteiger partial charge in [0, 0.05) is 18.6 Å². The molecule has 2 atom stereocenters. The predicted octanol–water partition coefficient (Wildman–Crippen LogP) is 2.37. The molecule has 15 heavy (non-hydrogen) atoms. The van der Waals surface area contributed by atoms with Gasteiger partial charge in [0.1, 0.15) is 0 Å². The monoisotopic (exact) mass is 213 g/mol. The highest BCUT2D eigenvalue weighted by molar-refractivity contribution is 4.87. The first-order valence-corrected chi connectivity index (χ1v) is 6.35. The molecule has 90 valence electrons. The van der Waals surface area contributed by atoms with Crippen LogP contribution in [0.3, 0.4) is 0 Å². The maximum Gasteiger partial charge on any atom is 0.0476 e. The fourth-order valence-corrected chi connectivity index (χ4v) is 3.17. The second-order valence-corrected chi connectivity index (χ2v) is 5.59. The predicted molar refractivity (Wildman–Crippen MR) is 64.8 cm³/mol. The number of hydrogen-bond donors (Lipinski definition) is 1. The summed E-state index contributed by atoms with van der Waals surface area (Å²) in [7, 11) is 4.32. The van der Waals surface area contributed by atoms with E-state index in [4.69, 9.17) is 0 Å². The van der Waals surface area contributed by atoms with E-state index in [1.807, 2.05) is 0 Å². The summed E-state index contributed by atoms with van der Waals surface area (Å²) in [5.74, 6) is 1.81. The minimum absolute atomic E-state index is 0.330. The second kappa shape index (κ2) is 5.86. The van der Waals surface area contributed by atoms with E-state index in [-0.39, 0.29) is 0 Å². The van der Waals surface area contributed by atoms with Crippen LogP contribution in [-0.4, -0.2) is 36.8 Å². The molecule has 1 saturated carbocycles. The van der Waals surface area contributed by atoms with E-state index in [1.165, 1.54) is 25.7 Å². The van der Waals surface area contributed by atoms with E-state index >= 15 is 0 Å². The zero-order valence-corrected chi connectivity index (χ0v) is 10.7. The van der Waals surface area contributed by atoms with Gasteiger partial charge in [-0.3, -0.25) is 0 Å². The Kier molecular flexibility index (Phi) is 5.07. The van der Waals surface area contributed by atoms with Crippen LogP contribution >= 0.6 is 0 Å². The van der Waals surface area contributed by atoms with Gasteiger partial charge in [-0.2, -0.15) is 0 Å². The SMILES string of the molecule is CC(C)C(CO)C(C1CCCC1)N(C)C. The Hall–Kier alpha value is -0.0800. The Morgan fingerprint density at radius 3 is 2.07 bits per heavy atom. The first-order chi connectivity index (χ1) is 7.07. The average Bonchev–Trinajstić information content (AvgIpc) is 2.64. The van der Waals surface area contributed by atoms with Gasteiger partial charge in [0.2, 0.25) is 0 Å². The van der Waals surface area contributed by atoms with Gasteiger partial charge in [0.05, 0.1) is 0 Å². The first kappa shape index (κ1) is 13.0. The highest BCUT2D eigenvalue weighted by atomic mass is 16.3. The molecule has 1 fully saturated rings. The van der Waals surface area contributed by atoms with Crippen LogP contribution < -0.4 is 0 Å². The van der Waals surface area contributed by atoms with Gasteiger partial charge in [-0.05, 0) is 38.8 Å². The number of rotatable bonds is 5. The van der Waals surface area contributed by atoms with Crippen molar-refractivity contribution in [2.75, 3.05) is 20.7 Å². The summed E-state index contributed by atoms with van der Waals surface area (Å²) in [6.07, 6.45) is 5.47. The van der Waals surface area contributed by atoms with Crippen molar-refractivity contribution in [1.29, 1.82) is 0 Å². The molecule has 0 aromatic rings. The molecule has 0 bridgehead atoms. The van der Waals surface area contributed by atoms with Gasteiger partial charge in [-0.25, -0.2) is 0 Å². The van der Waals surface area contributed by atoms with E-state index in [2.05, 4.69) is 32.8 Å². The topological polar surface area (TPSA) is 23.5 Å². The minimum Gasteiger partial charge on any atom is -0.396 e. The van der Waals surface area contributed by atoms with Crippen molar-refractivity contribution in [3.05, 3.63) is 0 Å². The second-order valence-electron chi connectivity index (χ2n) is 5.59. The molecular weight excluding hydrogens is 186 g/mol. The number of nitrogens with zero attached hydrogens (tertiary/aromatic N) is 1. The van der Waals surface area contributed by atoms with E-state index in [0.717, 1.165) is 5.92 Å². The van der Waals surface area contributed by atoms with Crippen LogP contribution in [0.2, 0.25) is 0 Å². The highest BCUT2D eigenvalue weighted by Gasteiger charge is 2.33. The molecule has 0 aromatic heterocycles. The summed E-state index contributed by atoms with van der Waals surface area (Å²) < 4.78 is 0. The molecule has 0 aromatic carbocycles. The fraction of sp³-hybridized carbons (Fsp3) is 1.00. The summed E-state index contributed by atoms with van der Waals surface area (Å²) in [6, 6.07) is 0.567. The first-order valence-electron chi connectivity index (χ1n) is 6.35. The Labute approximate surface area is 94.7 Å². The van der Waals surface area contributed by atoms with E-state index in [1.54, 1.807) is 0 Å². The van der Waals surface area contributed by atoms with Gasteiger partial charge in [0.15, 0.2) is 0 Å². The Balaban J connectivity index is 2.70. The lowest BCUT2D eigenvalue weighted by Gasteiger charge is -2.38. The minimum atomic E-state index is 0.330. The van der Waals surface area contributed by atoms with Crippen molar-refractivity contribution in [3.8, 4) is 0 Å². The van der Waals surface area contributed by atoms with Gasteiger partial charge in [0.25, 0.3) is 0 Å². The van der Waals surface area contributed by atoms with Gasteiger partial charge in [-0.1, -0.05) is 26.7 Å². The van der Waals surface area contributed by atoms with E-state index in [9.17, 15) is 5.11 Å². The summed E-state index contributed by atoms with van der Waals surface area (Å²) in [5, 5.41) is 9.55. The van der Waals surface area contributed by atoms with Crippen molar-refractivity contribution >= 4 is 0 Å². The zero-order valence-electron chi connectivity index (χ0n) is 10.7. The van der Waals surface area contributed by atoms with Crippen LogP contribution in [0.25, 0.3) is 0 Å². The molecule has 1 N–H and O–H groups in total. The maximum atomic E-state index is 9.55. The highest BCUT2D eigenvalue weighted by Crippen LogP contribution is 2.35. The summed E-state index contributed by atoms with van der Waals surface area (Å²) >= 11 is 0. The Morgan fingerprint density at radius 2 is 1.73 bits per heavy atom. The number of aliphatic hydroxyl groups is 1. The van der Waals surface area contributed by atoms with Gasteiger partial charge < -0.3 is 10.0 Å². The van der Waals surface area contributed by atoms with Crippen molar-refractivity contribution in [1.82, 2.24) is 4.90 Å². The van der Waals surface area contributed by atoms with Crippen LogP contribution in [0.1, 0.15) is 39.5 Å². The molecule has 1 rings (SSSR count). The summed E-state index contributed by atoms with van der Waals surface area (Å²) in [5.41, 5.74) is 0. The lowest BCUT2D eigenvalue weighted by atomic mass is 9.80. The average molecular weight is 213 g/mol. The van der Waals surface area contributed by atoms with E-state index in [0.29, 0.717) is 24.5 Å². The van der Waals surface area contributed by atoms with Crippen LogP contribution in [0.4, 0.5) is 0 Å². The molecule has 1 aliphatic carbocycles. The van der Waals surface area contributed by atoms with Crippen molar-refractivity contribution in [2.24, 2.45) is 17.8 Å². The third kappa shape index (κ3) is 3.18. The standard InChI is InChI=1S/C13H27NO/c1-10(2)12(9-15)13(14(3)4)11-7-5-6-8-11/h10-13,15H,5-9H2,1-4H3. The number of hydrogen-bond acceptors (Lipinski definition) is 2. The van der Waals surface area contributed by atoms with Crippen LogP contribution in [0.5, 0.6) is 0 Å². The molecular formula is C13H27NO. The molecule has 0 heterocycles. The van der Waals surface area contributed by atoms with Crippen molar-refractivity contribution < 1.29 is 5.11 Å². The van der Waals surface area contributed by atoms with Crippen LogP contribution in [0.15, 0.2) is 0 Å². The normalized spacial score (nSPS) is 22.6. The van der Waals surface area contributed by atoms with Crippen LogP contribution in [0, 0.1) is 17.8 Å².